The van der Waals surface area contributed by atoms with E-state index in [-0.39, 0.29) is 0 Å². The fraction of sp³-hybridized carbons (Fsp3) is 1.00. The molecule has 1 heterocycles. The van der Waals surface area contributed by atoms with Crippen molar-refractivity contribution in [3.05, 3.63) is 0 Å². The monoisotopic (exact) mass is 159 g/mol. The van der Waals surface area contributed by atoms with Gasteiger partial charge in [-0.1, -0.05) is 13.8 Å². The van der Waals surface area contributed by atoms with Crippen LogP contribution in [0.1, 0.15) is 13.8 Å². The second kappa shape index (κ2) is 3.63. The number of hydrogen-bond acceptors (Lipinski definition) is 2. The normalized spacial score (nSPS) is 41.7. The Morgan fingerprint density at radius 2 is 1.80 bits per heavy atom. The number of nitrogens with two attached hydrogens (primary N) is 1. The van der Waals surface area contributed by atoms with Crippen LogP contribution in [0.3, 0.4) is 0 Å². The van der Waals surface area contributed by atoms with Crippen LogP contribution in [0.4, 0.5) is 0 Å². The smallest absolute Gasteiger partial charge is 0.00384 e. The zero-order chi connectivity index (χ0) is 7.56. The first-order valence-corrected chi connectivity index (χ1v) is 5.19. The van der Waals surface area contributed by atoms with Crippen molar-refractivity contribution in [2.75, 3.05) is 18.1 Å². The lowest BCUT2D eigenvalue weighted by Gasteiger charge is -2.33. The zero-order valence-electron chi connectivity index (χ0n) is 6.84. The van der Waals surface area contributed by atoms with Crippen LogP contribution in [0.15, 0.2) is 0 Å². The lowest BCUT2D eigenvalue weighted by atomic mass is 9.85. The van der Waals surface area contributed by atoms with Crippen molar-refractivity contribution in [1.82, 2.24) is 0 Å². The van der Waals surface area contributed by atoms with Crippen LogP contribution in [0.5, 0.6) is 0 Å². The van der Waals surface area contributed by atoms with E-state index < -0.39 is 0 Å². The molecule has 1 aliphatic rings. The molecule has 60 valence electrons. The maximum absolute atomic E-state index is 5.67. The van der Waals surface area contributed by atoms with Crippen molar-refractivity contribution in [2.24, 2.45) is 23.5 Å². The SMILES string of the molecule is CC1CSCC(C)C1CN. The minimum Gasteiger partial charge on any atom is -0.330 e. The van der Waals surface area contributed by atoms with Crippen molar-refractivity contribution in [3.8, 4) is 0 Å². The van der Waals surface area contributed by atoms with Crippen LogP contribution < -0.4 is 5.73 Å². The lowest BCUT2D eigenvalue weighted by Crippen LogP contribution is -2.33. The standard InChI is InChI=1S/C8H17NS/c1-6-4-10-5-7(2)8(6)3-9/h6-8H,3-5,9H2,1-2H3. The fourth-order valence-electron chi connectivity index (χ4n) is 1.71. The molecular formula is C8H17NS. The van der Waals surface area contributed by atoms with E-state index in [9.17, 15) is 0 Å². The molecule has 2 atom stereocenters. The Bertz CT molecular complexity index is 95.4. The van der Waals surface area contributed by atoms with Gasteiger partial charge in [0.05, 0.1) is 0 Å². The van der Waals surface area contributed by atoms with Crippen LogP contribution in [0.2, 0.25) is 0 Å². The maximum Gasteiger partial charge on any atom is -0.00384 e. The molecule has 10 heavy (non-hydrogen) atoms. The predicted octanol–water partition coefficient (Wildman–Crippen LogP) is 1.58. The Hall–Kier alpha value is 0.310. The van der Waals surface area contributed by atoms with E-state index in [4.69, 9.17) is 5.73 Å². The largest absolute Gasteiger partial charge is 0.330 e. The van der Waals surface area contributed by atoms with Gasteiger partial charge in [-0.25, -0.2) is 0 Å². The number of thioether (sulfide) groups is 1. The molecule has 1 saturated heterocycles. The van der Waals surface area contributed by atoms with Crippen LogP contribution in [-0.4, -0.2) is 18.1 Å². The van der Waals surface area contributed by atoms with Gasteiger partial charge < -0.3 is 5.73 Å². The molecule has 1 nitrogen and oxygen atoms in total. The molecular weight excluding hydrogens is 142 g/mol. The molecule has 2 N–H and O–H groups in total. The first-order chi connectivity index (χ1) is 4.75. The highest BCUT2D eigenvalue weighted by Crippen LogP contribution is 2.31. The summed E-state index contributed by atoms with van der Waals surface area (Å²) in [4.78, 5) is 0. The quantitative estimate of drug-likeness (QED) is 0.628. The van der Waals surface area contributed by atoms with Gasteiger partial charge in [0.15, 0.2) is 0 Å². The van der Waals surface area contributed by atoms with Gasteiger partial charge in [-0.2, -0.15) is 11.8 Å². The summed E-state index contributed by atoms with van der Waals surface area (Å²) in [6.45, 7) is 5.52. The Kier molecular flexibility index (Phi) is 3.05. The average molecular weight is 159 g/mol. The van der Waals surface area contributed by atoms with E-state index in [1.165, 1.54) is 11.5 Å². The van der Waals surface area contributed by atoms with E-state index in [1.54, 1.807) is 0 Å². The van der Waals surface area contributed by atoms with Gasteiger partial charge in [0, 0.05) is 0 Å². The van der Waals surface area contributed by atoms with E-state index >= 15 is 0 Å². The Labute approximate surface area is 67.8 Å². The van der Waals surface area contributed by atoms with E-state index in [1.807, 2.05) is 0 Å². The van der Waals surface area contributed by atoms with Crippen molar-refractivity contribution in [3.63, 3.8) is 0 Å². The van der Waals surface area contributed by atoms with Crippen LogP contribution in [-0.2, 0) is 0 Å². The molecule has 2 unspecified atom stereocenters. The first kappa shape index (κ1) is 8.41. The van der Waals surface area contributed by atoms with Crippen molar-refractivity contribution in [1.29, 1.82) is 0 Å². The predicted molar refractivity (Wildman–Crippen MR) is 48.2 cm³/mol. The van der Waals surface area contributed by atoms with Crippen molar-refractivity contribution >= 4 is 11.8 Å². The highest BCUT2D eigenvalue weighted by atomic mass is 32.2. The molecule has 0 amide bonds. The Morgan fingerprint density at radius 1 is 1.30 bits per heavy atom. The summed E-state index contributed by atoms with van der Waals surface area (Å²) in [7, 11) is 0. The van der Waals surface area contributed by atoms with Crippen molar-refractivity contribution in [2.45, 2.75) is 13.8 Å². The minimum absolute atomic E-state index is 0.779. The Morgan fingerprint density at radius 3 is 2.10 bits per heavy atom. The van der Waals surface area contributed by atoms with Crippen LogP contribution in [0, 0.1) is 17.8 Å². The molecule has 1 aliphatic heterocycles. The van der Waals surface area contributed by atoms with Gasteiger partial charge in [-0.15, -0.1) is 0 Å². The summed E-state index contributed by atoms with van der Waals surface area (Å²) in [5.74, 6) is 5.07. The lowest BCUT2D eigenvalue weighted by molar-refractivity contribution is 0.295. The molecule has 1 fully saturated rings. The second-order valence-electron chi connectivity index (χ2n) is 3.39. The Balaban J connectivity index is 2.45. The third-order valence-corrected chi connectivity index (χ3v) is 4.02. The van der Waals surface area contributed by atoms with E-state index in [0.29, 0.717) is 0 Å². The molecule has 0 spiro atoms. The molecule has 2 heteroatoms. The summed E-state index contributed by atoms with van der Waals surface area (Å²) in [6.07, 6.45) is 0. The molecule has 0 aliphatic carbocycles. The summed E-state index contributed by atoms with van der Waals surface area (Å²) >= 11 is 2.07. The highest BCUT2D eigenvalue weighted by molar-refractivity contribution is 7.99. The highest BCUT2D eigenvalue weighted by Gasteiger charge is 2.26. The molecule has 1 rings (SSSR count). The summed E-state index contributed by atoms with van der Waals surface area (Å²) in [5.41, 5.74) is 5.67. The first-order valence-electron chi connectivity index (χ1n) is 4.03. The van der Waals surface area contributed by atoms with Gasteiger partial charge >= 0.3 is 0 Å². The van der Waals surface area contributed by atoms with Crippen molar-refractivity contribution < 1.29 is 0 Å². The fourth-order valence-corrected chi connectivity index (χ4v) is 3.09. The third-order valence-electron chi connectivity index (χ3n) is 2.50. The maximum atomic E-state index is 5.67. The second-order valence-corrected chi connectivity index (χ2v) is 4.47. The summed E-state index contributed by atoms with van der Waals surface area (Å²) < 4.78 is 0. The summed E-state index contributed by atoms with van der Waals surface area (Å²) in [6, 6.07) is 0. The molecule has 0 saturated carbocycles. The van der Waals surface area contributed by atoms with Gasteiger partial charge in [0.1, 0.15) is 0 Å². The van der Waals surface area contributed by atoms with Crippen LogP contribution >= 0.6 is 11.8 Å². The zero-order valence-corrected chi connectivity index (χ0v) is 7.66. The topological polar surface area (TPSA) is 26.0 Å². The van der Waals surface area contributed by atoms with E-state index in [0.717, 1.165) is 24.3 Å². The van der Waals surface area contributed by atoms with Gasteiger partial charge in [0.2, 0.25) is 0 Å². The number of hydrogen-bond donors (Lipinski definition) is 1. The number of rotatable bonds is 1. The minimum atomic E-state index is 0.779. The average Bonchev–Trinajstić information content (AvgIpc) is 1.88. The van der Waals surface area contributed by atoms with Gasteiger partial charge in [0.25, 0.3) is 0 Å². The van der Waals surface area contributed by atoms with Gasteiger partial charge in [-0.3, -0.25) is 0 Å². The molecule has 0 aromatic rings. The summed E-state index contributed by atoms with van der Waals surface area (Å²) in [5, 5.41) is 0. The molecule has 0 bridgehead atoms. The molecule has 0 aromatic heterocycles. The van der Waals surface area contributed by atoms with Gasteiger partial charge in [-0.05, 0) is 35.8 Å². The van der Waals surface area contributed by atoms with Crippen LogP contribution in [0.25, 0.3) is 0 Å². The molecule has 0 aromatic carbocycles. The van der Waals surface area contributed by atoms with E-state index in [2.05, 4.69) is 25.6 Å². The molecule has 0 radical (unpaired) electrons. The third kappa shape index (κ3) is 1.67.